The Kier molecular flexibility index (Phi) is 6.46. The predicted octanol–water partition coefficient (Wildman–Crippen LogP) is 3.67. The third kappa shape index (κ3) is 4.51. The number of carbonyl (C=O) groups is 2. The number of hydrogen-bond donors (Lipinski definition) is 2. The van der Waals surface area contributed by atoms with E-state index in [-0.39, 0.29) is 41.4 Å². The van der Waals surface area contributed by atoms with Gasteiger partial charge in [-0.1, -0.05) is 6.07 Å². The molecule has 2 aromatic rings. The number of amides is 2. The van der Waals surface area contributed by atoms with Gasteiger partial charge in [0.1, 0.15) is 11.6 Å². The number of carbonyl (C=O) groups excluding carboxylic acids is 2. The van der Waals surface area contributed by atoms with Crippen LogP contribution in [0.4, 0.5) is 28.9 Å². The molecule has 1 saturated carbocycles. The molecule has 0 unspecified atom stereocenters. The monoisotopic (exact) mass is 535 g/mol. The highest BCUT2D eigenvalue weighted by molar-refractivity contribution is 7.81. The van der Waals surface area contributed by atoms with E-state index in [1.165, 1.54) is 43.0 Å². The van der Waals surface area contributed by atoms with E-state index in [1.807, 2.05) is 0 Å². The number of aromatic nitrogens is 1. The van der Waals surface area contributed by atoms with Crippen LogP contribution in [-0.2, 0) is 11.0 Å². The van der Waals surface area contributed by atoms with Crippen LogP contribution >= 0.6 is 12.2 Å². The van der Waals surface area contributed by atoms with Crippen LogP contribution in [0.1, 0.15) is 54.7 Å². The minimum absolute atomic E-state index is 0.152. The van der Waals surface area contributed by atoms with E-state index in [4.69, 9.17) is 17.5 Å². The molecule has 4 rings (SSSR count). The van der Waals surface area contributed by atoms with Crippen molar-refractivity contribution in [1.82, 2.24) is 10.3 Å². The zero-order valence-corrected chi connectivity index (χ0v) is 20.5. The molecule has 37 heavy (non-hydrogen) atoms. The smallest absolute Gasteiger partial charge is 0.389 e. The largest absolute Gasteiger partial charge is 0.419 e. The van der Waals surface area contributed by atoms with Crippen molar-refractivity contribution in [2.24, 2.45) is 0 Å². The molecule has 0 radical (unpaired) electrons. The van der Waals surface area contributed by atoms with E-state index in [2.05, 4.69) is 10.3 Å². The third-order valence-corrected chi connectivity index (χ3v) is 6.65. The molecule has 2 aliphatic rings. The summed E-state index contributed by atoms with van der Waals surface area (Å²) in [5, 5.41) is 21.0. The van der Waals surface area contributed by atoms with Gasteiger partial charge in [-0.15, -0.1) is 0 Å². The Hall–Kier alpha value is -3.63. The highest BCUT2D eigenvalue weighted by atomic mass is 32.1. The molecule has 8 nitrogen and oxygen atoms in total. The maximum Gasteiger partial charge on any atom is 0.419 e. The van der Waals surface area contributed by atoms with Crippen LogP contribution in [-0.4, -0.2) is 44.7 Å². The van der Waals surface area contributed by atoms with Gasteiger partial charge in [-0.05, 0) is 63.5 Å². The van der Waals surface area contributed by atoms with Crippen LogP contribution in [0.2, 0.25) is 0 Å². The summed E-state index contributed by atoms with van der Waals surface area (Å²) in [6.45, 7) is 2.78. The summed E-state index contributed by atoms with van der Waals surface area (Å²) in [4.78, 5) is 31.8. The summed E-state index contributed by atoms with van der Waals surface area (Å²) in [7, 11) is 0. The average molecular weight is 536 g/mol. The summed E-state index contributed by atoms with van der Waals surface area (Å²) < 4.78 is 56.3. The van der Waals surface area contributed by atoms with Crippen LogP contribution in [0.3, 0.4) is 0 Å². The van der Waals surface area contributed by atoms with E-state index in [0.29, 0.717) is 12.5 Å². The fraction of sp³-hybridized carbons (Fsp3) is 0.375. The van der Waals surface area contributed by atoms with Gasteiger partial charge >= 0.3 is 6.18 Å². The number of aliphatic hydroxyl groups is 1. The first-order valence-electron chi connectivity index (χ1n) is 11.2. The molecular weight excluding hydrogens is 514 g/mol. The Labute approximate surface area is 214 Å². The molecule has 2 fully saturated rings. The molecule has 1 aromatic carbocycles. The van der Waals surface area contributed by atoms with Gasteiger partial charge in [-0.2, -0.15) is 18.4 Å². The van der Waals surface area contributed by atoms with Gasteiger partial charge in [0, 0.05) is 6.54 Å². The lowest BCUT2D eigenvalue weighted by atomic mass is 9.75. The normalized spacial score (nSPS) is 17.1. The lowest BCUT2D eigenvalue weighted by molar-refractivity contribution is -0.138. The number of hydrogen-bond acceptors (Lipinski definition) is 6. The first-order valence-corrected chi connectivity index (χ1v) is 11.6. The molecule has 0 atom stereocenters. The molecule has 1 aromatic heterocycles. The number of nitrogens with zero attached hydrogens (tertiary/aromatic N) is 4. The molecule has 2 amide bonds. The Morgan fingerprint density at radius 1 is 1.32 bits per heavy atom. The summed E-state index contributed by atoms with van der Waals surface area (Å²) in [6.07, 6.45) is -2.88. The van der Waals surface area contributed by atoms with Gasteiger partial charge in [0.15, 0.2) is 16.6 Å². The van der Waals surface area contributed by atoms with Crippen molar-refractivity contribution in [2.45, 2.75) is 50.4 Å². The van der Waals surface area contributed by atoms with E-state index in [9.17, 15) is 27.9 Å². The molecule has 13 heteroatoms. The van der Waals surface area contributed by atoms with Crippen molar-refractivity contribution < 1.29 is 32.3 Å². The Bertz CT molecular complexity index is 1350. The highest BCUT2D eigenvalue weighted by Crippen LogP contribution is 2.49. The Balaban J connectivity index is 1.77. The number of nitrogens with one attached hydrogen (secondary N) is 1. The minimum atomic E-state index is -4.91. The third-order valence-electron chi connectivity index (χ3n) is 6.28. The van der Waals surface area contributed by atoms with Gasteiger partial charge in [-0.25, -0.2) is 9.37 Å². The molecule has 0 bridgehead atoms. The number of rotatable bonds is 5. The molecule has 194 valence electrons. The molecule has 1 aliphatic heterocycles. The fourth-order valence-electron chi connectivity index (χ4n) is 4.33. The summed E-state index contributed by atoms with van der Waals surface area (Å²) >= 11 is 5.48. The van der Waals surface area contributed by atoms with Crippen LogP contribution in [0.25, 0.3) is 0 Å². The van der Waals surface area contributed by atoms with Gasteiger partial charge in [-0.3, -0.25) is 14.5 Å². The second-order valence-electron chi connectivity index (χ2n) is 9.48. The first kappa shape index (κ1) is 26.4. The SMILES string of the molecule is CC(C)(O)CNC(=O)c1cccc(N2C(=S)N(c3cnc(C#N)c(C(F)(F)F)c3)C(=O)C23CCC3)c1F. The topological polar surface area (TPSA) is 110 Å². The second kappa shape index (κ2) is 9.04. The van der Waals surface area contributed by atoms with Crippen molar-refractivity contribution in [3.8, 4) is 6.07 Å². The van der Waals surface area contributed by atoms with Gasteiger partial charge in [0.05, 0.1) is 34.3 Å². The summed E-state index contributed by atoms with van der Waals surface area (Å²) in [5.74, 6) is -2.43. The maximum absolute atomic E-state index is 15.7. The van der Waals surface area contributed by atoms with Crippen LogP contribution < -0.4 is 15.1 Å². The number of halogens is 4. The van der Waals surface area contributed by atoms with E-state index < -0.39 is 46.2 Å². The fourth-order valence-corrected chi connectivity index (χ4v) is 4.79. The molecule has 1 spiro atoms. The number of benzene rings is 1. The van der Waals surface area contributed by atoms with Gasteiger partial charge < -0.3 is 15.3 Å². The average Bonchev–Trinajstić information content (AvgIpc) is 3.02. The van der Waals surface area contributed by atoms with Crippen molar-refractivity contribution in [1.29, 1.82) is 5.26 Å². The van der Waals surface area contributed by atoms with Crippen molar-refractivity contribution in [3.63, 3.8) is 0 Å². The molecule has 2 N–H and O–H groups in total. The molecule has 2 heterocycles. The predicted molar refractivity (Wildman–Crippen MR) is 128 cm³/mol. The van der Waals surface area contributed by atoms with E-state index in [1.54, 1.807) is 0 Å². The van der Waals surface area contributed by atoms with Crippen molar-refractivity contribution >= 4 is 40.5 Å². The first-order chi connectivity index (χ1) is 17.2. The Morgan fingerprint density at radius 3 is 2.54 bits per heavy atom. The second-order valence-corrected chi connectivity index (χ2v) is 9.84. The zero-order valence-electron chi connectivity index (χ0n) is 19.7. The van der Waals surface area contributed by atoms with Crippen LogP contribution in [0.15, 0.2) is 30.5 Å². The van der Waals surface area contributed by atoms with Crippen molar-refractivity contribution in [2.75, 3.05) is 16.3 Å². The molecule has 1 saturated heterocycles. The number of nitriles is 1. The van der Waals surface area contributed by atoms with Gasteiger partial charge in [0.25, 0.3) is 11.8 Å². The molecular formula is C24H21F4N5O3S. The lowest BCUT2D eigenvalue weighted by Gasteiger charge is -2.43. The van der Waals surface area contributed by atoms with Gasteiger partial charge in [0.2, 0.25) is 0 Å². The standard InChI is InChI=1S/C24H21F4N5O3S/c1-22(2,36)12-31-19(34)14-5-3-6-17(18(14)25)33-21(37)32(20(35)23(33)7-4-8-23)13-9-15(24(26,27)28)16(10-29)30-11-13/h3,5-6,9,11,36H,4,7-8,12H2,1-2H3,(H,31,34). The number of thiocarbonyl (C=S) groups is 1. The number of anilines is 2. The van der Waals surface area contributed by atoms with E-state index >= 15 is 4.39 Å². The quantitative estimate of drug-likeness (QED) is 0.444. The number of pyridine rings is 1. The van der Waals surface area contributed by atoms with Crippen LogP contribution in [0, 0.1) is 17.1 Å². The van der Waals surface area contributed by atoms with Crippen LogP contribution in [0.5, 0.6) is 0 Å². The highest BCUT2D eigenvalue weighted by Gasteiger charge is 2.60. The minimum Gasteiger partial charge on any atom is -0.389 e. The lowest BCUT2D eigenvalue weighted by Crippen LogP contribution is -2.55. The Morgan fingerprint density at radius 2 is 2.00 bits per heavy atom. The van der Waals surface area contributed by atoms with E-state index in [0.717, 1.165) is 11.1 Å². The number of alkyl halides is 3. The van der Waals surface area contributed by atoms with Crippen molar-refractivity contribution in [3.05, 3.63) is 53.1 Å². The summed E-state index contributed by atoms with van der Waals surface area (Å²) in [5.41, 5.74) is -5.63. The zero-order chi connectivity index (χ0) is 27.3. The maximum atomic E-state index is 15.7. The molecule has 1 aliphatic carbocycles. The summed E-state index contributed by atoms with van der Waals surface area (Å²) in [6, 6.07) is 5.94.